The summed E-state index contributed by atoms with van der Waals surface area (Å²) in [6, 6.07) is 4.99. The molecule has 118 valence electrons. The molecule has 1 N–H and O–H groups in total. The number of hydrogen-bond acceptors (Lipinski definition) is 6. The Bertz CT molecular complexity index is 931. The molecule has 0 aliphatic rings. The van der Waals surface area contributed by atoms with Crippen molar-refractivity contribution in [1.29, 1.82) is 0 Å². The first-order valence-electron chi connectivity index (χ1n) is 7.09. The van der Waals surface area contributed by atoms with E-state index in [-0.39, 0.29) is 11.3 Å². The van der Waals surface area contributed by atoms with E-state index in [0.717, 1.165) is 10.4 Å². The molecule has 0 saturated carbocycles. The number of rotatable bonds is 3. The maximum Gasteiger partial charge on any atom is 0.357 e. The van der Waals surface area contributed by atoms with Crippen molar-refractivity contribution >= 4 is 27.5 Å². The van der Waals surface area contributed by atoms with Crippen molar-refractivity contribution in [2.75, 3.05) is 0 Å². The van der Waals surface area contributed by atoms with Gasteiger partial charge in [-0.2, -0.15) is 0 Å². The fraction of sp³-hybridized carbons (Fsp3) is 0.250. The number of aromatic amines is 1. The minimum atomic E-state index is -0.677. The van der Waals surface area contributed by atoms with Crippen LogP contribution in [-0.4, -0.2) is 20.9 Å². The van der Waals surface area contributed by atoms with E-state index in [2.05, 4.69) is 15.0 Å². The van der Waals surface area contributed by atoms with Gasteiger partial charge < -0.3 is 9.72 Å². The first kappa shape index (κ1) is 15.4. The summed E-state index contributed by atoms with van der Waals surface area (Å²) >= 11 is 1.46. The third kappa shape index (κ3) is 2.87. The van der Waals surface area contributed by atoms with E-state index in [1.807, 2.05) is 13.8 Å². The number of nitrogens with zero attached hydrogens (tertiary/aromatic N) is 2. The van der Waals surface area contributed by atoms with E-state index in [1.165, 1.54) is 17.5 Å². The second-order valence-corrected chi connectivity index (χ2v) is 6.38. The quantitative estimate of drug-likeness (QED) is 0.747. The minimum absolute atomic E-state index is 0.214. The van der Waals surface area contributed by atoms with E-state index < -0.39 is 12.1 Å². The van der Waals surface area contributed by atoms with Gasteiger partial charge in [-0.05, 0) is 38.5 Å². The Hall–Kier alpha value is -2.54. The van der Waals surface area contributed by atoms with Crippen molar-refractivity contribution in [2.24, 2.45) is 0 Å². The average Bonchev–Trinajstić information content (AvgIpc) is 2.83. The van der Waals surface area contributed by atoms with Crippen molar-refractivity contribution in [3.8, 4) is 0 Å². The molecule has 1 atom stereocenters. The Morgan fingerprint density at radius 3 is 2.83 bits per heavy atom. The highest BCUT2D eigenvalue weighted by Gasteiger charge is 2.19. The number of thiophene rings is 1. The van der Waals surface area contributed by atoms with Crippen LogP contribution in [0.1, 0.15) is 39.8 Å². The van der Waals surface area contributed by atoms with Crippen molar-refractivity contribution in [1.82, 2.24) is 15.0 Å². The van der Waals surface area contributed by atoms with Gasteiger partial charge >= 0.3 is 5.97 Å². The second-order valence-electron chi connectivity index (χ2n) is 5.18. The molecule has 3 heterocycles. The number of pyridine rings is 1. The van der Waals surface area contributed by atoms with Crippen LogP contribution < -0.4 is 5.56 Å². The molecule has 0 aliphatic carbocycles. The number of hydrogen-bond donors (Lipinski definition) is 1. The van der Waals surface area contributed by atoms with Gasteiger partial charge in [0.15, 0.2) is 11.9 Å². The number of H-pyrrole nitrogens is 1. The monoisotopic (exact) mass is 329 g/mol. The lowest BCUT2D eigenvalue weighted by Crippen LogP contribution is -2.17. The van der Waals surface area contributed by atoms with E-state index in [0.29, 0.717) is 16.0 Å². The lowest BCUT2D eigenvalue weighted by atomic mass is 10.2. The fourth-order valence-corrected chi connectivity index (χ4v) is 3.26. The van der Waals surface area contributed by atoms with Gasteiger partial charge in [0.2, 0.25) is 0 Å². The summed E-state index contributed by atoms with van der Waals surface area (Å²) in [6.07, 6.45) is 0.842. The molecule has 6 nitrogen and oxygen atoms in total. The van der Waals surface area contributed by atoms with Crippen LogP contribution in [-0.2, 0) is 4.74 Å². The van der Waals surface area contributed by atoms with Crippen LogP contribution in [0, 0.1) is 13.8 Å². The largest absolute Gasteiger partial charge is 0.450 e. The summed E-state index contributed by atoms with van der Waals surface area (Å²) in [5.74, 6) is -0.229. The molecule has 0 radical (unpaired) electrons. The van der Waals surface area contributed by atoms with E-state index in [1.54, 1.807) is 25.1 Å². The highest BCUT2D eigenvalue weighted by molar-refractivity contribution is 7.18. The number of esters is 1. The fourth-order valence-electron chi connectivity index (χ4n) is 2.22. The zero-order valence-electron chi connectivity index (χ0n) is 12.9. The average molecular weight is 329 g/mol. The Morgan fingerprint density at radius 2 is 2.13 bits per heavy atom. The Morgan fingerprint density at radius 1 is 1.35 bits per heavy atom. The Labute approximate surface area is 136 Å². The Balaban J connectivity index is 1.91. The van der Waals surface area contributed by atoms with E-state index >= 15 is 0 Å². The highest BCUT2D eigenvalue weighted by atomic mass is 32.1. The van der Waals surface area contributed by atoms with Gasteiger partial charge in [0, 0.05) is 11.1 Å². The van der Waals surface area contributed by atoms with Crippen LogP contribution in [0.5, 0.6) is 0 Å². The lowest BCUT2D eigenvalue weighted by Gasteiger charge is -2.12. The highest BCUT2D eigenvalue weighted by Crippen LogP contribution is 2.27. The molecule has 0 bridgehead atoms. The van der Waals surface area contributed by atoms with Gasteiger partial charge in [0.05, 0.1) is 5.39 Å². The summed E-state index contributed by atoms with van der Waals surface area (Å²) in [7, 11) is 0. The first-order valence-corrected chi connectivity index (χ1v) is 7.91. The van der Waals surface area contributed by atoms with Gasteiger partial charge in [-0.25, -0.2) is 14.8 Å². The summed E-state index contributed by atoms with van der Waals surface area (Å²) in [4.78, 5) is 37.1. The van der Waals surface area contributed by atoms with Crippen molar-refractivity contribution in [3.63, 3.8) is 0 Å². The SMILES string of the molecule is Cc1sc2nc([C@@H](C)OC(=O)c3ccccn3)[nH]c(=O)c2c1C. The van der Waals surface area contributed by atoms with Gasteiger partial charge in [-0.1, -0.05) is 6.07 Å². The predicted molar refractivity (Wildman–Crippen MR) is 87.8 cm³/mol. The molecule has 0 aliphatic heterocycles. The molecular weight excluding hydrogens is 314 g/mol. The lowest BCUT2D eigenvalue weighted by molar-refractivity contribution is 0.0313. The minimum Gasteiger partial charge on any atom is -0.450 e. The maximum atomic E-state index is 12.3. The molecule has 0 saturated heterocycles. The molecule has 0 unspecified atom stereocenters. The molecule has 0 aromatic carbocycles. The van der Waals surface area contributed by atoms with Crippen LogP contribution in [0.25, 0.3) is 10.2 Å². The molecule has 0 amide bonds. The van der Waals surface area contributed by atoms with Crippen molar-refractivity contribution in [3.05, 3.63) is 56.7 Å². The van der Waals surface area contributed by atoms with Crippen molar-refractivity contribution < 1.29 is 9.53 Å². The molecule has 3 aromatic rings. The van der Waals surface area contributed by atoms with Gasteiger partial charge in [0.1, 0.15) is 10.5 Å². The molecular formula is C16H15N3O3S. The van der Waals surface area contributed by atoms with Crippen LogP contribution in [0.15, 0.2) is 29.2 Å². The zero-order chi connectivity index (χ0) is 16.6. The molecule has 3 rings (SSSR count). The molecule has 0 fully saturated rings. The predicted octanol–water partition coefficient (Wildman–Crippen LogP) is 2.91. The normalized spacial score (nSPS) is 12.3. The smallest absolute Gasteiger partial charge is 0.357 e. The second kappa shape index (κ2) is 5.92. The maximum absolute atomic E-state index is 12.3. The van der Waals surface area contributed by atoms with Crippen LogP contribution in [0.2, 0.25) is 0 Å². The Kier molecular flexibility index (Phi) is 3.96. The van der Waals surface area contributed by atoms with Gasteiger partial charge in [0.25, 0.3) is 5.56 Å². The molecule has 0 spiro atoms. The summed E-state index contributed by atoms with van der Waals surface area (Å²) in [5.41, 5.74) is 0.932. The van der Waals surface area contributed by atoms with Crippen molar-refractivity contribution in [2.45, 2.75) is 26.9 Å². The third-order valence-corrected chi connectivity index (χ3v) is 4.70. The number of fused-ring (bicyclic) bond motifs is 1. The zero-order valence-corrected chi connectivity index (χ0v) is 13.7. The number of aryl methyl sites for hydroxylation is 2. The summed E-state index contributed by atoms with van der Waals surface area (Å²) < 4.78 is 5.33. The molecule has 3 aromatic heterocycles. The standard InChI is InChI=1S/C16H15N3O3S/c1-8-10(3)23-15-12(8)14(20)18-13(19-15)9(2)22-16(21)11-6-4-5-7-17-11/h4-7,9H,1-3H3,(H,18,19,20)/t9-/m1/s1. The van der Waals surface area contributed by atoms with Gasteiger partial charge in [-0.15, -0.1) is 11.3 Å². The molecule has 23 heavy (non-hydrogen) atoms. The number of ether oxygens (including phenoxy) is 1. The first-order chi connectivity index (χ1) is 11.0. The number of carbonyl (C=O) groups is 1. The van der Waals surface area contributed by atoms with Crippen LogP contribution in [0.3, 0.4) is 0 Å². The topological polar surface area (TPSA) is 84.9 Å². The number of aromatic nitrogens is 3. The van der Waals surface area contributed by atoms with Gasteiger partial charge in [-0.3, -0.25) is 4.79 Å². The van der Waals surface area contributed by atoms with E-state index in [4.69, 9.17) is 4.74 Å². The number of nitrogens with one attached hydrogen (secondary N) is 1. The third-order valence-electron chi connectivity index (χ3n) is 3.60. The van der Waals surface area contributed by atoms with Crippen LogP contribution in [0.4, 0.5) is 0 Å². The summed E-state index contributed by atoms with van der Waals surface area (Å²) in [5, 5.41) is 0.597. The van der Waals surface area contributed by atoms with E-state index in [9.17, 15) is 9.59 Å². The number of carbonyl (C=O) groups excluding carboxylic acids is 1. The summed E-state index contributed by atoms with van der Waals surface area (Å²) in [6.45, 7) is 5.51. The van der Waals surface area contributed by atoms with Crippen LogP contribution >= 0.6 is 11.3 Å². The molecule has 7 heteroatoms.